The van der Waals surface area contributed by atoms with E-state index in [9.17, 15) is 0 Å². The van der Waals surface area contributed by atoms with Gasteiger partial charge in [0.15, 0.2) is 0 Å². The van der Waals surface area contributed by atoms with Crippen molar-refractivity contribution >= 4 is 47.9 Å². The van der Waals surface area contributed by atoms with Gasteiger partial charge >= 0.3 is 149 Å². The molecule has 0 bridgehead atoms. The van der Waals surface area contributed by atoms with E-state index in [4.69, 9.17) is 16.9 Å². The maximum absolute atomic E-state index is 6.59. The molecule has 0 amide bonds. The summed E-state index contributed by atoms with van der Waals surface area (Å²) in [5.41, 5.74) is 6.35. The minimum atomic E-state index is -2.40. The van der Waals surface area contributed by atoms with Crippen molar-refractivity contribution in [3.63, 3.8) is 0 Å². The molecule has 3 aliphatic heterocycles. The van der Waals surface area contributed by atoms with E-state index < -0.39 is 19.7 Å². The van der Waals surface area contributed by atoms with E-state index in [1.807, 2.05) is 0 Å². The average Bonchev–Trinajstić information content (AvgIpc) is 2.76. The summed E-state index contributed by atoms with van der Waals surface area (Å²) in [7, 11) is 13.2. The third-order valence-corrected chi connectivity index (χ3v) is 11.8. The molecule has 1 aromatic carbocycles. The Labute approximate surface area is 148 Å². The number of nitrogens with zero attached hydrogens (tertiary/aromatic N) is 2. The molecule has 0 unspecified atom stereocenters. The van der Waals surface area contributed by atoms with Gasteiger partial charge in [-0.15, -0.1) is 0 Å². The van der Waals surface area contributed by atoms with Gasteiger partial charge in [0.2, 0.25) is 0 Å². The zero-order chi connectivity index (χ0) is 15.9. The third kappa shape index (κ3) is 2.01. The molecule has 4 rings (SSSR count). The van der Waals surface area contributed by atoms with Crippen LogP contribution in [0.4, 0.5) is 11.4 Å². The Morgan fingerprint density at radius 2 is 1.32 bits per heavy atom. The third-order valence-electron chi connectivity index (χ3n) is 5.83. The van der Waals surface area contributed by atoms with Crippen LogP contribution in [0.15, 0.2) is 12.1 Å². The van der Waals surface area contributed by atoms with Gasteiger partial charge in [-0.2, -0.15) is 0 Å². The number of anilines is 2. The van der Waals surface area contributed by atoms with Crippen molar-refractivity contribution in [2.75, 3.05) is 22.9 Å². The summed E-state index contributed by atoms with van der Waals surface area (Å²) in [6.07, 6.45) is 2.35. The second-order valence-electron chi connectivity index (χ2n) is 8.08. The molecule has 2 nitrogen and oxygen atoms in total. The number of benzene rings is 1. The van der Waals surface area contributed by atoms with Crippen LogP contribution < -0.4 is 9.80 Å². The summed E-state index contributed by atoms with van der Waals surface area (Å²) in [6, 6.07) is 4.75. The summed E-state index contributed by atoms with van der Waals surface area (Å²) in [5, 5.41) is 0. The van der Waals surface area contributed by atoms with E-state index in [1.165, 1.54) is 35.3 Å². The Morgan fingerprint density at radius 3 is 1.68 bits per heavy atom. The molecule has 0 aromatic heterocycles. The SMILES string of the molecule is CC1(C)CCN2c3c1ccc1c3N(CCC1(C)C)[CH]2[Po]([Cl])[Cl]. The Kier molecular flexibility index (Phi) is 3.52. The van der Waals surface area contributed by atoms with E-state index in [0.29, 0.717) is 0 Å². The Hall–Kier alpha value is 0.296. The first-order valence-electron chi connectivity index (χ1n) is 8.01. The van der Waals surface area contributed by atoms with Gasteiger partial charge < -0.3 is 0 Å². The Morgan fingerprint density at radius 1 is 0.909 bits per heavy atom. The van der Waals surface area contributed by atoms with Crippen molar-refractivity contribution in [2.45, 2.75) is 55.2 Å². The fraction of sp³-hybridized carbons (Fsp3) is 0.647. The average molecular weight is 535 g/mol. The summed E-state index contributed by atoms with van der Waals surface area (Å²) in [5.74, 6) is 0. The van der Waals surface area contributed by atoms with Crippen molar-refractivity contribution < 1.29 is 0 Å². The fourth-order valence-electron chi connectivity index (χ4n) is 4.35. The number of hydrogen-bond acceptors (Lipinski definition) is 2. The quantitative estimate of drug-likeness (QED) is 0.523. The molecule has 0 spiro atoms. The van der Waals surface area contributed by atoms with Gasteiger partial charge in [-0.05, 0) is 0 Å². The molecule has 0 fully saturated rings. The predicted octanol–water partition coefficient (Wildman–Crippen LogP) is 4.51. The van der Waals surface area contributed by atoms with Crippen LogP contribution in [0.5, 0.6) is 0 Å². The van der Waals surface area contributed by atoms with Crippen LogP contribution in [0.25, 0.3) is 0 Å². The molecule has 1 radical (unpaired) electrons. The molecule has 5 heteroatoms. The van der Waals surface area contributed by atoms with E-state index in [2.05, 4.69) is 49.6 Å². The maximum atomic E-state index is 6.59. The van der Waals surface area contributed by atoms with Crippen molar-refractivity contribution in [1.29, 1.82) is 0 Å². The summed E-state index contributed by atoms with van der Waals surface area (Å²) >= 11 is -2.40. The first kappa shape index (κ1) is 15.8. The second kappa shape index (κ2) is 4.90. The monoisotopic (exact) mass is 534 g/mol. The second-order valence-corrected chi connectivity index (χ2v) is 18.8. The van der Waals surface area contributed by atoms with Gasteiger partial charge in [-0.25, -0.2) is 0 Å². The van der Waals surface area contributed by atoms with Crippen LogP contribution in [0.3, 0.4) is 0 Å². The molecule has 1 aromatic rings. The normalized spacial score (nSPS) is 24.9. The molecule has 0 saturated carbocycles. The topological polar surface area (TPSA) is 6.48 Å². The van der Waals surface area contributed by atoms with E-state index in [0.717, 1.165) is 13.1 Å². The van der Waals surface area contributed by atoms with Gasteiger partial charge in [-0.1, -0.05) is 0 Å². The first-order chi connectivity index (χ1) is 10.2. The summed E-state index contributed by atoms with van der Waals surface area (Å²) in [6.45, 7) is 11.6. The number of hydrogen-bond donors (Lipinski definition) is 0. The van der Waals surface area contributed by atoms with Crippen LogP contribution in [-0.4, -0.2) is 36.6 Å². The van der Waals surface area contributed by atoms with E-state index in [-0.39, 0.29) is 14.7 Å². The van der Waals surface area contributed by atoms with Crippen LogP contribution in [0.1, 0.15) is 51.7 Å². The van der Waals surface area contributed by atoms with Gasteiger partial charge in [0.05, 0.1) is 0 Å². The van der Waals surface area contributed by atoms with Gasteiger partial charge in [0, 0.05) is 0 Å². The molecular weight excluding hydrogens is 512 g/mol. The standard InChI is InChI=1S/C17H23N2.2ClH.Po/c1-16(2)7-9-18-11-19-10-8-17(3,4)13-6-5-12(16)14(18)15(13)19;;;/h5-6,11H,7-10H2,1-4H3;2*1H;/q;;;+2/p-2. The van der Waals surface area contributed by atoms with E-state index >= 15 is 0 Å². The Bertz CT molecular complexity index is 591. The van der Waals surface area contributed by atoms with Crippen LogP contribution >= 0.6 is 16.9 Å². The molecule has 0 N–H and O–H groups in total. The van der Waals surface area contributed by atoms with Crippen LogP contribution in [0, 0.1) is 0 Å². The molecule has 0 saturated heterocycles. The van der Waals surface area contributed by atoms with Crippen LogP contribution in [-0.2, 0) is 10.8 Å². The summed E-state index contributed by atoms with van der Waals surface area (Å²) < 4.78 is 0.283. The predicted molar refractivity (Wildman–Crippen MR) is 97.7 cm³/mol. The molecular formula is C17H23Cl2N2Po. The Balaban J connectivity index is 2.00. The molecule has 121 valence electrons. The minimum absolute atomic E-state index is 0.241. The van der Waals surface area contributed by atoms with Gasteiger partial charge in [0.25, 0.3) is 0 Å². The number of halogens is 2. The van der Waals surface area contributed by atoms with E-state index in [1.54, 1.807) is 0 Å². The fourth-order valence-corrected chi connectivity index (χ4v) is 10.9. The van der Waals surface area contributed by atoms with Crippen molar-refractivity contribution in [3.8, 4) is 0 Å². The van der Waals surface area contributed by atoms with Crippen molar-refractivity contribution in [3.05, 3.63) is 23.3 Å². The van der Waals surface area contributed by atoms with Crippen LogP contribution in [0.2, 0.25) is 0 Å². The molecule has 3 heterocycles. The molecule has 3 aliphatic rings. The van der Waals surface area contributed by atoms with Crippen molar-refractivity contribution in [2.24, 2.45) is 0 Å². The molecule has 22 heavy (non-hydrogen) atoms. The number of rotatable bonds is 1. The first-order valence-corrected chi connectivity index (χ1v) is 17.7. The van der Waals surface area contributed by atoms with Crippen molar-refractivity contribution in [1.82, 2.24) is 0 Å². The van der Waals surface area contributed by atoms with Gasteiger partial charge in [-0.3, -0.25) is 0 Å². The summed E-state index contributed by atoms with van der Waals surface area (Å²) in [4.78, 5) is 5.10. The van der Waals surface area contributed by atoms with Gasteiger partial charge in [0.1, 0.15) is 0 Å². The molecule has 0 atom stereocenters. The zero-order valence-electron chi connectivity index (χ0n) is 13.6. The zero-order valence-corrected chi connectivity index (χ0v) is 18.3. The molecule has 0 aliphatic carbocycles.